The van der Waals surface area contributed by atoms with Crippen LogP contribution in [0.25, 0.3) is 11.1 Å². The monoisotopic (exact) mass is 384 g/mol. The maximum atomic E-state index is 12.3. The van der Waals surface area contributed by atoms with E-state index in [1.54, 1.807) is 26.0 Å². The Hall–Kier alpha value is -2.20. The molecule has 0 radical (unpaired) electrons. The molecule has 2 atom stereocenters. The fourth-order valence-corrected chi connectivity index (χ4v) is 4.19. The van der Waals surface area contributed by atoms with Crippen LogP contribution in [0, 0.1) is 11.3 Å². The minimum atomic E-state index is -3.33. The lowest BCUT2D eigenvalue weighted by molar-refractivity contribution is 0.0653. The average Bonchev–Trinajstić information content (AvgIpc) is 2.68. The number of rotatable bonds is 5. The normalized spacial score (nSPS) is 20.4. The van der Waals surface area contributed by atoms with Crippen LogP contribution >= 0.6 is 0 Å². The van der Waals surface area contributed by atoms with E-state index in [-0.39, 0.29) is 12.0 Å². The molecule has 1 aliphatic heterocycles. The fourth-order valence-electron chi connectivity index (χ4n) is 3.21. The highest BCUT2D eigenvalue weighted by Gasteiger charge is 2.31. The Morgan fingerprint density at radius 3 is 2.22 bits per heavy atom. The smallest absolute Gasteiger partial charge is 0.214 e. The molecule has 0 aromatic heterocycles. The predicted octanol–water partition coefficient (Wildman–Crippen LogP) is 3.43. The summed E-state index contributed by atoms with van der Waals surface area (Å²) in [4.78, 5) is 0. The number of hydrogen-bond donors (Lipinski definition) is 1. The summed E-state index contributed by atoms with van der Waals surface area (Å²) >= 11 is 0. The van der Waals surface area contributed by atoms with Gasteiger partial charge in [-0.1, -0.05) is 36.4 Å². The summed E-state index contributed by atoms with van der Waals surface area (Å²) in [7, 11) is -3.33. The molecular formula is C21H24N2O3S. The Balaban J connectivity index is 1.80. The van der Waals surface area contributed by atoms with E-state index in [0.29, 0.717) is 25.2 Å². The first-order valence-corrected chi connectivity index (χ1v) is 10.6. The van der Waals surface area contributed by atoms with Crippen molar-refractivity contribution in [1.29, 1.82) is 5.26 Å². The predicted molar refractivity (Wildman–Crippen MR) is 106 cm³/mol. The molecule has 2 aromatic carbocycles. The quantitative estimate of drug-likeness (QED) is 0.857. The minimum absolute atomic E-state index is 0.0118. The van der Waals surface area contributed by atoms with Crippen molar-refractivity contribution in [2.45, 2.75) is 37.5 Å². The van der Waals surface area contributed by atoms with E-state index in [1.165, 1.54) is 0 Å². The van der Waals surface area contributed by atoms with Gasteiger partial charge in [0.1, 0.15) is 0 Å². The van der Waals surface area contributed by atoms with Gasteiger partial charge in [0.25, 0.3) is 0 Å². The molecule has 142 valence electrons. The van der Waals surface area contributed by atoms with Gasteiger partial charge in [0, 0.05) is 18.6 Å². The minimum Gasteiger partial charge on any atom is -0.381 e. The second-order valence-electron chi connectivity index (χ2n) is 7.10. The summed E-state index contributed by atoms with van der Waals surface area (Å²) in [6.45, 7) is 4.43. The number of ether oxygens (including phenoxy) is 1. The third kappa shape index (κ3) is 4.56. The first-order valence-electron chi connectivity index (χ1n) is 9.10. The number of sulfonamides is 1. The van der Waals surface area contributed by atoms with Crippen molar-refractivity contribution in [1.82, 2.24) is 4.72 Å². The second-order valence-corrected chi connectivity index (χ2v) is 9.37. The summed E-state index contributed by atoms with van der Waals surface area (Å²) in [5.41, 5.74) is 3.79. The van der Waals surface area contributed by atoms with Crippen LogP contribution in [0.3, 0.4) is 0 Å². The lowest BCUT2D eigenvalue weighted by atomic mass is 9.88. The molecule has 1 aliphatic rings. The standard InChI is InChI=1S/C21H24N2O3S/c1-15(2)27(24,25)23-21-11-12-26-14-20(21)19-9-7-18(8-10-19)17-5-3-16(13-22)4-6-17/h3-10,15,20-21,23H,11-12,14H2,1-2H3/t20-,21-/m1/s1. The SMILES string of the molecule is CC(C)S(=O)(=O)N[C@@H]1CCOC[C@@H]1c1ccc(-c2ccc(C#N)cc2)cc1. The Bertz CT molecular complexity index is 913. The Kier molecular flexibility index (Phi) is 5.95. The number of benzene rings is 2. The van der Waals surface area contributed by atoms with E-state index in [2.05, 4.69) is 10.8 Å². The van der Waals surface area contributed by atoms with Crippen molar-refractivity contribution in [3.05, 3.63) is 59.7 Å². The van der Waals surface area contributed by atoms with Gasteiger partial charge in [-0.15, -0.1) is 0 Å². The number of nitrogens with one attached hydrogen (secondary N) is 1. The molecule has 0 unspecified atom stereocenters. The van der Waals surface area contributed by atoms with Crippen molar-refractivity contribution >= 4 is 10.0 Å². The summed E-state index contributed by atoms with van der Waals surface area (Å²) in [5.74, 6) is -0.0118. The maximum Gasteiger partial charge on any atom is 0.214 e. The molecule has 1 saturated heterocycles. The molecule has 0 saturated carbocycles. The zero-order valence-corrected chi connectivity index (χ0v) is 16.4. The van der Waals surface area contributed by atoms with E-state index in [0.717, 1.165) is 16.7 Å². The topological polar surface area (TPSA) is 79.2 Å². The van der Waals surface area contributed by atoms with Crippen molar-refractivity contribution < 1.29 is 13.2 Å². The van der Waals surface area contributed by atoms with E-state index in [9.17, 15) is 8.42 Å². The highest BCUT2D eigenvalue weighted by Crippen LogP contribution is 2.29. The van der Waals surface area contributed by atoms with Crippen molar-refractivity contribution in [2.75, 3.05) is 13.2 Å². The third-order valence-electron chi connectivity index (χ3n) is 4.98. The summed E-state index contributed by atoms with van der Waals surface area (Å²) < 4.78 is 33.1. The molecule has 0 bridgehead atoms. The van der Waals surface area contributed by atoms with Gasteiger partial charge in [0.2, 0.25) is 10.0 Å². The van der Waals surface area contributed by atoms with Crippen molar-refractivity contribution in [3.8, 4) is 17.2 Å². The van der Waals surface area contributed by atoms with Crippen molar-refractivity contribution in [3.63, 3.8) is 0 Å². The van der Waals surface area contributed by atoms with Gasteiger partial charge in [0.15, 0.2) is 0 Å². The molecule has 3 rings (SSSR count). The summed E-state index contributed by atoms with van der Waals surface area (Å²) in [6, 6.07) is 17.5. The molecule has 0 amide bonds. The summed E-state index contributed by atoms with van der Waals surface area (Å²) in [6.07, 6.45) is 0.661. The Morgan fingerprint density at radius 2 is 1.67 bits per heavy atom. The Morgan fingerprint density at radius 1 is 1.07 bits per heavy atom. The van der Waals surface area contributed by atoms with E-state index in [1.807, 2.05) is 36.4 Å². The number of hydrogen-bond acceptors (Lipinski definition) is 4. The van der Waals surface area contributed by atoms with Gasteiger partial charge in [0.05, 0.1) is 23.5 Å². The Labute approximate surface area is 161 Å². The molecular weight excluding hydrogens is 360 g/mol. The third-order valence-corrected chi connectivity index (χ3v) is 6.85. The van der Waals surface area contributed by atoms with Crippen LogP contribution in [-0.2, 0) is 14.8 Å². The highest BCUT2D eigenvalue weighted by atomic mass is 32.2. The molecule has 2 aromatic rings. The van der Waals surface area contributed by atoms with Crippen molar-refractivity contribution in [2.24, 2.45) is 0 Å². The van der Waals surface area contributed by atoms with Gasteiger partial charge < -0.3 is 4.74 Å². The highest BCUT2D eigenvalue weighted by molar-refractivity contribution is 7.90. The zero-order valence-electron chi connectivity index (χ0n) is 15.6. The van der Waals surface area contributed by atoms with Crippen LogP contribution in [0.2, 0.25) is 0 Å². The van der Waals surface area contributed by atoms with Gasteiger partial charge in [-0.2, -0.15) is 5.26 Å². The molecule has 1 N–H and O–H groups in total. The lowest BCUT2D eigenvalue weighted by Gasteiger charge is -2.33. The zero-order chi connectivity index (χ0) is 19.4. The van der Waals surface area contributed by atoms with Crippen LogP contribution in [0.4, 0.5) is 0 Å². The molecule has 0 aliphatic carbocycles. The van der Waals surface area contributed by atoms with Gasteiger partial charge in [-0.25, -0.2) is 13.1 Å². The maximum absolute atomic E-state index is 12.3. The molecule has 1 heterocycles. The van der Waals surface area contributed by atoms with E-state index in [4.69, 9.17) is 10.00 Å². The average molecular weight is 385 g/mol. The van der Waals surface area contributed by atoms with E-state index < -0.39 is 15.3 Å². The summed E-state index contributed by atoms with van der Waals surface area (Å²) in [5, 5.41) is 8.45. The van der Waals surface area contributed by atoms with Crippen LogP contribution in [0.5, 0.6) is 0 Å². The van der Waals surface area contributed by atoms with Gasteiger partial charge in [-0.3, -0.25) is 0 Å². The lowest BCUT2D eigenvalue weighted by Crippen LogP contribution is -2.46. The molecule has 1 fully saturated rings. The molecule has 5 nitrogen and oxygen atoms in total. The molecule has 0 spiro atoms. The number of nitriles is 1. The first-order chi connectivity index (χ1) is 12.9. The van der Waals surface area contributed by atoms with Crippen LogP contribution in [0.1, 0.15) is 37.3 Å². The fraction of sp³-hybridized carbons (Fsp3) is 0.381. The van der Waals surface area contributed by atoms with Crippen LogP contribution in [0.15, 0.2) is 48.5 Å². The number of nitrogens with zero attached hydrogens (tertiary/aromatic N) is 1. The van der Waals surface area contributed by atoms with Crippen LogP contribution in [-0.4, -0.2) is 32.9 Å². The van der Waals surface area contributed by atoms with E-state index >= 15 is 0 Å². The van der Waals surface area contributed by atoms with Crippen LogP contribution < -0.4 is 4.72 Å². The van der Waals surface area contributed by atoms with Gasteiger partial charge in [-0.05, 0) is 49.1 Å². The molecule has 6 heteroatoms. The first kappa shape index (κ1) is 19.6. The van der Waals surface area contributed by atoms with Gasteiger partial charge >= 0.3 is 0 Å². The second kappa shape index (κ2) is 8.22. The largest absolute Gasteiger partial charge is 0.381 e. The molecule has 27 heavy (non-hydrogen) atoms.